The van der Waals surface area contributed by atoms with Gasteiger partial charge in [-0.1, -0.05) is 36.8 Å². The van der Waals surface area contributed by atoms with Gasteiger partial charge in [-0.15, -0.1) is 0 Å². The summed E-state index contributed by atoms with van der Waals surface area (Å²) in [4.78, 5) is 26.4. The average molecular weight is 280 g/mol. The molecule has 0 aliphatic carbocycles. The zero-order valence-electron chi connectivity index (χ0n) is 11.3. The van der Waals surface area contributed by atoms with Gasteiger partial charge in [-0.2, -0.15) is 5.90 Å². The average Bonchev–Trinajstić information content (AvgIpc) is 2.49. The van der Waals surface area contributed by atoms with Gasteiger partial charge in [0.1, 0.15) is 12.6 Å². The molecule has 110 valence electrons. The van der Waals surface area contributed by atoms with Crippen LogP contribution >= 0.6 is 0 Å². The molecule has 0 amide bonds. The molecule has 0 spiro atoms. The third-order valence-corrected chi connectivity index (χ3v) is 2.81. The van der Waals surface area contributed by atoms with E-state index in [1.54, 1.807) is 0 Å². The predicted molar refractivity (Wildman–Crippen MR) is 73.0 cm³/mol. The minimum absolute atomic E-state index is 0.260. The second-order valence-electron chi connectivity index (χ2n) is 4.44. The lowest BCUT2D eigenvalue weighted by Gasteiger charge is -2.08. The zero-order chi connectivity index (χ0) is 14.8. The van der Waals surface area contributed by atoms with Gasteiger partial charge in [-0.05, 0) is 18.4 Å². The highest BCUT2D eigenvalue weighted by Gasteiger charge is 2.13. The number of esters is 1. The summed E-state index contributed by atoms with van der Waals surface area (Å²) in [5.41, 5.74) is 6.46. The molecule has 0 aromatic heterocycles. The number of benzene rings is 1. The molecule has 1 atom stereocenters. The van der Waals surface area contributed by atoms with E-state index in [2.05, 4.69) is 4.84 Å². The van der Waals surface area contributed by atoms with Crippen molar-refractivity contribution >= 4 is 11.9 Å². The third-order valence-electron chi connectivity index (χ3n) is 2.81. The van der Waals surface area contributed by atoms with Crippen LogP contribution in [0.15, 0.2) is 30.3 Å². The van der Waals surface area contributed by atoms with Crippen LogP contribution in [0.2, 0.25) is 0 Å². The van der Waals surface area contributed by atoms with E-state index in [4.69, 9.17) is 16.4 Å². The van der Waals surface area contributed by atoms with Gasteiger partial charge >= 0.3 is 11.9 Å². The fraction of sp³-hybridized carbons (Fsp3) is 0.429. The fourth-order valence-electron chi connectivity index (χ4n) is 1.65. The van der Waals surface area contributed by atoms with E-state index in [-0.39, 0.29) is 12.6 Å². The van der Waals surface area contributed by atoms with E-state index in [0.717, 1.165) is 5.56 Å². The lowest BCUT2D eigenvalue weighted by atomic mass is 10.1. The number of hydrogen-bond donors (Lipinski definition) is 2. The minimum Gasteiger partial charge on any atom is -0.461 e. The van der Waals surface area contributed by atoms with Crippen molar-refractivity contribution in [1.82, 2.24) is 0 Å². The second kappa shape index (κ2) is 9.06. The van der Waals surface area contributed by atoms with E-state index < -0.39 is 12.0 Å². The summed E-state index contributed by atoms with van der Waals surface area (Å²) in [6.07, 6.45) is 1.98. The molecule has 4 N–H and O–H groups in total. The summed E-state index contributed by atoms with van der Waals surface area (Å²) in [6, 6.07) is 8.73. The van der Waals surface area contributed by atoms with Gasteiger partial charge in [0, 0.05) is 6.42 Å². The van der Waals surface area contributed by atoms with Crippen LogP contribution < -0.4 is 11.6 Å². The maximum atomic E-state index is 11.5. The van der Waals surface area contributed by atoms with Crippen LogP contribution in [-0.2, 0) is 25.8 Å². The monoisotopic (exact) mass is 280 g/mol. The SMILES string of the molecule is NOC(=O)[C@@H](N)CCCCC(=O)OCc1ccccc1. The molecule has 0 saturated heterocycles. The van der Waals surface area contributed by atoms with Crippen molar-refractivity contribution in [3.63, 3.8) is 0 Å². The van der Waals surface area contributed by atoms with Gasteiger partial charge in [-0.25, -0.2) is 4.79 Å². The number of hydrogen-bond acceptors (Lipinski definition) is 6. The molecule has 0 heterocycles. The van der Waals surface area contributed by atoms with Gasteiger partial charge in [0.2, 0.25) is 0 Å². The first kappa shape index (κ1) is 16.1. The van der Waals surface area contributed by atoms with E-state index in [0.29, 0.717) is 25.7 Å². The Morgan fingerprint density at radius 2 is 1.85 bits per heavy atom. The Hall–Kier alpha value is -1.92. The Morgan fingerprint density at radius 3 is 2.50 bits per heavy atom. The summed E-state index contributed by atoms with van der Waals surface area (Å²) in [5, 5.41) is 0. The van der Waals surface area contributed by atoms with Crippen LogP contribution in [0.4, 0.5) is 0 Å². The van der Waals surface area contributed by atoms with Gasteiger partial charge < -0.3 is 15.3 Å². The first-order chi connectivity index (χ1) is 9.63. The molecule has 0 fully saturated rings. The number of nitrogens with two attached hydrogens (primary N) is 2. The summed E-state index contributed by atoms with van der Waals surface area (Å²) in [5.74, 6) is 3.81. The van der Waals surface area contributed by atoms with Crippen molar-refractivity contribution in [3.05, 3.63) is 35.9 Å². The van der Waals surface area contributed by atoms with Gasteiger partial charge in [0.25, 0.3) is 0 Å². The molecule has 0 radical (unpaired) electrons. The van der Waals surface area contributed by atoms with Crippen molar-refractivity contribution < 1.29 is 19.2 Å². The molecule has 0 saturated carbocycles. The van der Waals surface area contributed by atoms with E-state index >= 15 is 0 Å². The molecule has 6 heteroatoms. The highest BCUT2D eigenvalue weighted by atomic mass is 16.7. The molecule has 0 aliphatic rings. The molecule has 1 aromatic carbocycles. The summed E-state index contributed by atoms with van der Waals surface area (Å²) >= 11 is 0. The second-order valence-corrected chi connectivity index (χ2v) is 4.44. The van der Waals surface area contributed by atoms with Crippen molar-refractivity contribution in [1.29, 1.82) is 0 Å². The number of ether oxygens (including phenoxy) is 1. The van der Waals surface area contributed by atoms with Crippen LogP contribution in [0.5, 0.6) is 0 Å². The maximum Gasteiger partial charge on any atom is 0.341 e. The topological polar surface area (TPSA) is 105 Å². The van der Waals surface area contributed by atoms with Gasteiger partial charge in [-0.3, -0.25) is 4.79 Å². The molecular weight excluding hydrogens is 260 g/mol. The molecule has 20 heavy (non-hydrogen) atoms. The van der Waals surface area contributed by atoms with Gasteiger partial charge in [0.05, 0.1) is 0 Å². The van der Waals surface area contributed by atoms with Crippen molar-refractivity contribution in [2.75, 3.05) is 0 Å². The Morgan fingerprint density at radius 1 is 1.15 bits per heavy atom. The molecule has 0 unspecified atom stereocenters. The van der Waals surface area contributed by atoms with Crippen molar-refractivity contribution in [2.24, 2.45) is 11.6 Å². The predicted octanol–water partition coefficient (Wildman–Crippen LogP) is 1.03. The number of carbonyl (C=O) groups excluding carboxylic acids is 2. The summed E-state index contributed by atoms with van der Waals surface area (Å²) in [7, 11) is 0. The lowest BCUT2D eigenvalue weighted by Crippen LogP contribution is -2.33. The first-order valence-corrected chi connectivity index (χ1v) is 6.49. The molecule has 1 rings (SSSR count). The van der Waals surface area contributed by atoms with Crippen LogP contribution in [0.1, 0.15) is 31.2 Å². The Bertz CT molecular complexity index is 422. The highest BCUT2D eigenvalue weighted by Crippen LogP contribution is 2.06. The standard InChI is InChI=1S/C14H20N2O4/c15-12(14(18)20-16)8-4-5-9-13(17)19-10-11-6-2-1-3-7-11/h1-3,6-7,12H,4-5,8-10,15-16H2/t12-/m0/s1. The molecule has 6 nitrogen and oxygen atoms in total. The molecular formula is C14H20N2O4. The van der Waals surface area contributed by atoms with Crippen LogP contribution in [0, 0.1) is 0 Å². The molecule has 0 aliphatic heterocycles. The smallest absolute Gasteiger partial charge is 0.341 e. The zero-order valence-corrected chi connectivity index (χ0v) is 11.3. The van der Waals surface area contributed by atoms with Gasteiger partial charge in [0.15, 0.2) is 0 Å². The summed E-state index contributed by atoms with van der Waals surface area (Å²) < 4.78 is 5.12. The first-order valence-electron chi connectivity index (χ1n) is 6.49. The Balaban J connectivity index is 2.10. The number of unbranched alkanes of at least 4 members (excludes halogenated alkanes) is 1. The maximum absolute atomic E-state index is 11.5. The minimum atomic E-state index is -0.736. The Kier molecular flexibility index (Phi) is 7.31. The van der Waals surface area contributed by atoms with E-state index in [9.17, 15) is 9.59 Å². The van der Waals surface area contributed by atoms with Crippen molar-refractivity contribution in [2.45, 2.75) is 38.3 Å². The Labute approximate surface area is 118 Å². The molecule has 0 bridgehead atoms. The van der Waals surface area contributed by atoms with E-state index in [1.807, 2.05) is 30.3 Å². The van der Waals surface area contributed by atoms with Crippen LogP contribution in [0.25, 0.3) is 0 Å². The van der Waals surface area contributed by atoms with Crippen LogP contribution in [-0.4, -0.2) is 18.0 Å². The highest BCUT2D eigenvalue weighted by molar-refractivity contribution is 5.75. The number of carbonyl (C=O) groups is 2. The lowest BCUT2D eigenvalue weighted by molar-refractivity contribution is -0.146. The quantitative estimate of drug-likeness (QED) is 0.419. The number of rotatable bonds is 8. The summed E-state index contributed by atoms with van der Waals surface area (Å²) in [6.45, 7) is 0.276. The van der Waals surface area contributed by atoms with Crippen LogP contribution in [0.3, 0.4) is 0 Å². The normalized spacial score (nSPS) is 11.7. The third kappa shape index (κ3) is 6.31. The molecule has 1 aromatic rings. The van der Waals surface area contributed by atoms with Crippen molar-refractivity contribution in [3.8, 4) is 0 Å². The largest absolute Gasteiger partial charge is 0.461 e. The fourth-order valence-corrected chi connectivity index (χ4v) is 1.65. The van der Waals surface area contributed by atoms with E-state index in [1.165, 1.54) is 0 Å².